The third kappa shape index (κ3) is 4.85. The fraction of sp³-hybridized carbons (Fsp3) is 0.417. The number of hydrogen-bond acceptors (Lipinski definition) is 3. The van der Waals surface area contributed by atoms with Crippen LogP contribution in [0.2, 0.25) is 0 Å². The Kier molecular flexibility index (Phi) is 6.70. The molecule has 0 aliphatic carbocycles. The van der Waals surface area contributed by atoms with Gasteiger partial charge in [-0.25, -0.2) is 0 Å². The first-order valence-corrected chi connectivity index (χ1v) is 10.1. The normalized spacial score (nSPS) is 16.8. The van der Waals surface area contributed by atoms with Crippen LogP contribution in [0, 0.1) is 19.8 Å². The number of carboxylic acids is 1. The second-order valence-corrected chi connectivity index (χ2v) is 7.95. The monoisotopic (exact) mass is 395 g/mol. The first kappa shape index (κ1) is 21.1. The highest BCUT2D eigenvalue weighted by molar-refractivity contribution is 5.89. The van der Waals surface area contributed by atoms with Crippen LogP contribution in [0.1, 0.15) is 35.1 Å². The molecule has 0 spiro atoms. The van der Waals surface area contributed by atoms with E-state index in [2.05, 4.69) is 5.32 Å². The Morgan fingerprint density at radius 1 is 1.10 bits per heavy atom. The molecule has 154 valence electrons. The van der Waals surface area contributed by atoms with Crippen LogP contribution in [0.15, 0.2) is 48.5 Å². The van der Waals surface area contributed by atoms with Crippen molar-refractivity contribution in [2.45, 2.75) is 38.5 Å². The predicted molar refractivity (Wildman–Crippen MR) is 112 cm³/mol. The Bertz CT molecular complexity index is 871. The van der Waals surface area contributed by atoms with Gasteiger partial charge in [0, 0.05) is 19.8 Å². The summed E-state index contributed by atoms with van der Waals surface area (Å²) in [5, 5.41) is 12.6. The molecule has 3 rings (SSSR count). The summed E-state index contributed by atoms with van der Waals surface area (Å²) >= 11 is 0. The van der Waals surface area contributed by atoms with Crippen LogP contribution in [-0.2, 0) is 26.2 Å². The van der Waals surface area contributed by atoms with E-state index in [1.807, 2.05) is 62.4 Å². The standard InChI is InChI=1S/C24H29NO4/c1-17-6-5-8-19(14-17)15-20(22(26)27)16-25-23(28)24(10-12-29-13-11-24)21-9-4-3-7-18(21)2/h3-9,14,20H,10-13,15-16H2,1-2H3,(H,25,28)(H,26,27). The summed E-state index contributed by atoms with van der Waals surface area (Å²) in [6.07, 6.45) is 1.58. The Labute approximate surface area is 172 Å². The third-order valence-electron chi connectivity index (χ3n) is 5.86. The van der Waals surface area contributed by atoms with Crippen LogP contribution in [0.4, 0.5) is 0 Å². The zero-order valence-corrected chi connectivity index (χ0v) is 17.1. The molecule has 0 aromatic heterocycles. The van der Waals surface area contributed by atoms with Gasteiger partial charge in [-0.1, -0.05) is 54.1 Å². The lowest BCUT2D eigenvalue weighted by molar-refractivity contribution is -0.142. The summed E-state index contributed by atoms with van der Waals surface area (Å²) in [4.78, 5) is 25.2. The molecule has 1 heterocycles. The smallest absolute Gasteiger partial charge is 0.308 e. The number of benzene rings is 2. The van der Waals surface area contributed by atoms with Gasteiger partial charge >= 0.3 is 5.97 Å². The molecular formula is C24H29NO4. The molecule has 0 radical (unpaired) electrons. The fourth-order valence-corrected chi connectivity index (χ4v) is 4.20. The Balaban J connectivity index is 1.76. The number of aliphatic carboxylic acids is 1. The summed E-state index contributed by atoms with van der Waals surface area (Å²) in [6, 6.07) is 15.8. The van der Waals surface area contributed by atoms with E-state index in [0.29, 0.717) is 32.5 Å². The van der Waals surface area contributed by atoms with Crippen molar-refractivity contribution >= 4 is 11.9 Å². The Hall–Kier alpha value is -2.66. The van der Waals surface area contributed by atoms with Gasteiger partial charge in [0.15, 0.2) is 0 Å². The van der Waals surface area contributed by atoms with Gasteiger partial charge in [-0.15, -0.1) is 0 Å². The maximum atomic E-state index is 13.3. The van der Waals surface area contributed by atoms with Gasteiger partial charge in [-0.3, -0.25) is 9.59 Å². The summed E-state index contributed by atoms with van der Waals surface area (Å²) < 4.78 is 5.52. The zero-order chi connectivity index (χ0) is 20.9. The largest absolute Gasteiger partial charge is 0.481 e. The molecule has 1 amide bonds. The molecule has 0 bridgehead atoms. The van der Waals surface area contributed by atoms with Crippen molar-refractivity contribution in [3.05, 3.63) is 70.8 Å². The van der Waals surface area contributed by atoms with Gasteiger partial charge in [0.25, 0.3) is 0 Å². The first-order chi connectivity index (χ1) is 13.9. The summed E-state index contributed by atoms with van der Waals surface area (Å²) in [5.41, 5.74) is 3.46. The SMILES string of the molecule is Cc1cccc(CC(CNC(=O)C2(c3ccccc3C)CCOCC2)C(=O)O)c1. The highest BCUT2D eigenvalue weighted by Gasteiger charge is 2.42. The molecule has 0 saturated carbocycles. The van der Waals surface area contributed by atoms with E-state index in [1.54, 1.807) is 0 Å². The molecule has 5 heteroatoms. The molecule has 1 aliphatic heterocycles. The quantitative estimate of drug-likeness (QED) is 0.753. The summed E-state index contributed by atoms with van der Waals surface area (Å²) in [7, 11) is 0. The average molecular weight is 395 g/mol. The number of amides is 1. The van der Waals surface area contributed by atoms with Crippen LogP contribution < -0.4 is 5.32 Å². The van der Waals surface area contributed by atoms with Gasteiger partial charge in [0.1, 0.15) is 0 Å². The minimum Gasteiger partial charge on any atom is -0.481 e. The topological polar surface area (TPSA) is 75.6 Å². The van der Waals surface area contributed by atoms with E-state index in [-0.39, 0.29) is 12.5 Å². The molecule has 1 fully saturated rings. The number of carbonyl (C=O) groups is 2. The number of hydrogen-bond donors (Lipinski definition) is 2. The van der Waals surface area contributed by atoms with Crippen molar-refractivity contribution in [3.8, 4) is 0 Å². The van der Waals surface area contributed by atoms with Crippen molar-refractivity contribution in [1.82, 2.24) is 5.32 Å². The van der Waals surface area contributed by atoms with Gasteiger partial charge < -0.3 is 15.2 Å². The van der Waals surface area contributed by atoms with Crippen molar-refractivity contribution in [2.75, 3.05) is 19.8 Å². The highest BCUT2D eigenvalue weighted by atomic mass is 16.5. The molecule has 1 unspecified atom stereocenters. The summed E-state index contributed by atoms with van der Waals surface area (Å²) in [5.74, 6) is -1.68. The second-order valence-electron chi connectivity index (χ2n) is 7.95. The van der Waals surface area contributed by atoms with E-state index in [1.165, 1.54) is 0 Å². The number of ether oxygens (including phenoxy) is 1. The van der Waals surface area contributed by atoms with Crippen molar-refractivity contribution in [1.29, 1.82) is 0 Å². The maximum Gasteiger partial charge on any atom is 0.308 e. The second kappa shape index (κ2) is 9.23. The number of nitrogens with one attached hydrogen (secondary N) is 1. The van der Waals surface area contributed by atoms with E-state index >= 15 is 0 Å². The van der Waals surface area contributed by atoms with Crippen LogP contribution in [0.3, 0.4) is 0 Å². The molecule has 29 heavy (non-hydrogen) atoms. The van der Waals surface area contributed by atoms with E-state index < -0.39 is 17.3 Å². The van der Waals surface area contributed by atoms with Crippen LogP contribution in [0.5, 0.6) is 0 Å². The van der Waals surface area contributed by atoms with Crippen molar-refractivity contribution in [3.63, 3.8) is 0 Å². The fourth-order valence-electron chi connectivity index (χ4n) is 4.20. The lowest BCUT2D eigenvalue weighted by atomic mass is 9.71. The molecule has 5 nitrogen and oxygen atoms in total. The van der Waals surface area contributed by atoms with E-state index in [0.717, 1.165) is 22.3 Å². The van der Waals surface area contributed by atoms with Crippen LogP contribution in [0.25, 0.3) is 0 Å². The van der Waals surface area contributed by atoms with Gasteiger partial charge in [0.2, 0.25) is 5.91 Å². The Morgan fingerprint density at radius 2 is 1.83 bits per heavy atom. The number of aryl methyl sites for hydroxylation is 2. The van der Waals surface area contributed by atoms with Gasteiger partial charge in [-0.05, 0) is 49.8 Å². The molecular weight excluding hydrogens is 366 g/mol. The first-order valence-electron chi connectivity index (χ1n) is 10.1. The zero-order valence-electron chi connectivity index (χ0n) is 17.1. The number of carboxylic acid groups (broad SMARTS) is 1. The Morgan fingerprint density at radius 3 is 2.48 bits per heavy atom. The number of rotatable bonds is 7. The minimum atomic E-state index is -0.899. The van der Waals surface area contributed by atoms with E-state index in [4.69, 9.17) is 4.74 Å². The van der Waals surface area contributed by atoms with Crippen molar-refractivity contribution in [2.24, 2.45) is 5.92 Å². The lowest BCUT2D eigenvalue weighted by Crippen LogP contribution is -2.50. The third-order valence-corrected chi connectivity index (χ3v) is 5.86. The minimum absolute atomic E-state index is 0.106. The maximum absolute atomic E-state index is 13.3. The predicted octanol–water partition coefficient (Wildman–Crippen LogP) is 3.41. The molecule has 1 saturated heterocycles. The average Bonchev–Trinajstić information content (AvgIpc) is 2.71. The highest BCUT2D eigenvalue weighted by Crippen LogP contribution is 2.37. The summed E-state index contributed by atoms with van der Waals surface area (Å²) in [6.45, 7) is 5.15. The molecule has 2 aromatic rings. The lowest BCUT2D eigenvalue weighted by Gasteiger charge is -2.37. The van der Waals surface area contributed by atoms with E-state index in [9.17, 15) is 14.7 Å². The molecule has 2 N–H and O–H groups in total. The van der Waals surface area contributed by atoms with Crippen LogP contribution >= 0.6 is 0 Å². The molecule has 2 aromatic carbocycles. The molecule has 1 atom stereocenters. The van der Waals surface area contributed by atoms with Gasteiger partial charge in [-0.2, -0.15) is 0 Å². The van der Waals surface area contributed by atoms with Crippen molar-refractivity contribution < 1.29 is 19.4 Å². The molecule has 1 aliphatic rings. The van der Waals surface area contributed by atoms with Gasteiger partial charge in [0.05, 0.1) is 11.3 Å². The number of carbonyl (C=O) groups excluding carboxylic acids is 1. The van der Waals surface area contributed by atoms with Crippen LogP contribution in [-0.4, -0.2) is 36.7 Å².